The molecule has 2 N–H and O–H groups in total. The van der Waals surface area contributed by atoms with Crippen molar-refractivity contribution >= 4 is 23.3 Å². The van der Waals surface area contributed by atoms with Crippen molar-refractivity contribution in [1.29, 1.82) is 0 Å². The second-order valence-electron chi connectivity index (χ2n) is 6.02. The van der Waals surface area contributed by atoms with E-state index in [1.165, 1.54) is 11.1 Å². The van der Waals surface area contributed by atoms with Gasteiger partial charge in [0.05, 0.1) is 6.26 Å². The van der Waals surface area contributed by atoms with Crippen LogP contribution in [0.2, 0.25) is 0 Å². The van der Waals surface area contributed by atoms with E-state index in [1.54, 1.807) is 49.4 Å². The van der Waals surface area contributed by atoms with E-state index in [-0.39, 0.29) is 24.1 Å². The van der Waals surface area contributed by atoms with E-state index in [0.717, 1.165) is 0 Å². The number of aryl methyl sites for hydroxylation is 1. The topological polar surface area (TPSA) is 141 Å². The van der Waals surface area contributed by atoms with Gasteiger partial charge in [-0.25, -0.2) is 0 Å². The highest BCUT2D eigenvalue weighted by Crippen LogP contribution is 2.18. The largest absolute Gasteiger partial charge is 0.459 e. The second kappa shape index (κ2) is 7.76. The Kier molecular flexibility index (Phi) is 4.84. The maximum Gasteiger partial charge on any atom is 0.291 e. The zero-order chi connectivity index (χ0) is 20.2. The summed E-state index contributed by atoms with van der Waals surface area (Å²) in [4.78, 5) is 25.2. The Labute approximate surface area is 163 Å². The highest BCUT2D eigenvalue weighted by Gasteiger charge is 2.12. The number of hydrogen-bond acceptors (Lipinski definition) is 8. The van der Waals surface area contributed by atoms with Crippen LogP contribution in [0.4, 0.5) is 11.5 Å². The Bertz CT molecular complexity index is 1130. The zero-order valence-corrected chi connectivity index (χ0v) is 15.2. The fourth-order valence-corrected chi connectivity index (χ4v) is 2.46. The number of aromatic nitrogens is 5. The quantitative estimate of drug-likeness (QED) is 0.507. The molecule has 2 amide bonds. The Morgan fingerprint density at radius 1 is 1.14 bits per heavy atom. The SMILES string of the molecule is Cc1cc(NC(=O)Cn2nnc(-c3ccc(NC(=O)c4ccco4)cc3)n2)no1. The van der Waals surface area contributed by atoms with E-state index >= 15 is 0 Å². The summed E-state index contributed by atoms with van der Waals surface area (Å²) >= 11 is 0. The standard InChI is InChI=1S/C18H15N7O4/c1-11-9-15(23-29-11)20-16(26)10-25-22-17(21-24-25)12-4-6-13(7-5-12)19-18(27)14-3-2-8-28-14/h2-9H,10H2,1H3,(H,19,27)(H,20,23,26). The molecule has 11 heteroatoms. The first-order chi connectivity index (χ1) is 14.1. The molecule has 0 radical (unpaired) electrons. The molecule has 0 saturated heterocycles. The molecule has 0 aliphatic heterocycles. The number of carbonyl (C=O) groups excluding carboxylic acids is 2. The molecule has 0 spiro atoms. The number of anilines is 2. The van der Waals surface area contributed by atoms with Gasteiger partial charge in [-0.05, 0) is 48.5 Å². The van der Waals surface area contributed by atoms with Crippen LogP contribution in [0, 0.1) is 6.92 Å². The van der Waals surface area contributed by atoms with Gasteiger partial charge in [0.2, 0.25) is 11.7 Å². The van der Waals surface area contributed by atoms with Crippen molar-refractivity contribution in [2.24, 2.45) is 0 Å². The lowest BCUT2D eigenvalue weighted by Crippen LogP contribution is -2.20. The molecule has 4 aromatic rings. The molecular formula is C18H15N7O4. The molecule has 0 atom stereocenters. The third-order valence-electron chi connectivity index (χ3n) is 3.78. The number of benzene rings is 1. The molecule has 0 aliphatic carbocycles. The van der Waals surface area contributed by atoms with Crippen LogP contribution in [0.25, 0.3) is 11.4 Å². The Balaban J connectivity index is 1.37. The van der Waals surface area contributed by atoms with Crippen molar-refractivity contribution in [1.82, 2.24) is 25.4 Å². The van der Waals surface area contributed by atoms with E-state index in [2.05, 4.69) is 31.2 Å². The summed E-state index contributed by atoms with van der Waals surface area (Å²) in [5.41, 5.74) is 1.27. The number of nitrogens with zero attached hydrogens (tertiary/aromatic N) is 5. The summed E-state index contributed by atoms with van der Waals surface area (Å²) in [5, 5.41) is 21.0. The number of hydrogen-bond donors (Lipinski definition) is 2. The highest BCUT2D eigenvalue weighted by molar-refractivity contribution is 6.02. The summed E-state index contributed by atoms with van der Waals surface area (Å²) in [7, 11) is 0. The third kappa shape index (κ3) is 4.35. The average molecular weight is 393 g/mol. The van der Waals surface area contributed by atoms with Gasteiger partial charge in [0.15, 0.2) is 11.6 Å². The Hall–Kier alpha value is -4.28. The average Bonchev–Trinajstić information content (AvgIpc) is 3.45. The molecule has 11 nitrogen and oxygen atoms in total. The zero-order valence-electron chi connectivity index (χ0n) is 15.2. The maximum atomic E-state index is 12.0. The van der Waals surface area contributed by atoms with E-state index in [0.29, 0.717) is 28.7 Å². The number of furan rings is 1. The minimum atomic E-state index is -0.363. The lowest BCUT2D eigenvalue weighted by molar-refractivity contribution is -0.117. The molecule has 0 unspecified atom stereocenters. The molecule has 29 heavy (non-hydrogen) atoms. The van der Waals surface area contributed by atoms with Crippen LogP contribution in [0.1, 0.15) is 16.3 Å². The minimum absolute atomic E-state index is 0.129. The van der Waals surface area contributed by atoms with Gasteiger partial charge in [0.25, 0.3) is 5.91 Å². The molecule has 0 fully saturated rings. The number of amides is 2. The molecule has 0 bridgehead atoms. The maximum absolute atomic E-state index is 12.0. The third-order valence-corrected chi connectivity index (χ3v) is 3.78. The predicted molar refractivity (Wildman–Crippen MR) is 99.8 cm³/mol. The molecule has 0 aliphatic rings. The number of tetrazole rings is 1. The van der Waals surface area contributed by atoms with Gasteiger partial charge in [-0.1, -0.05) is 5.16 Å². The monoisotopic (exact) mass is 393 g/mol. The molecule has 3 heterocycles. The van der Waals surface area contributed by atoms with Crippen LogP contribution >= 0.6 is 0 Å². The van der Waals surface area contributed by atoms with E-state index in [4.69, 9.17) is 8.94 Å². The summed E-state index contributed by atoms with van der Waals surface area (Å²) in [5.74, 6) is 0.764. The summed E-state index contributed by atoms with van der Waals surface area (Å²) in [6.07, 6.45) is 1.43. The van der Waals surface area contributed by atoms with Crippen LogP contribution in [-0.4, -0.2) is 37.2 Å². The first-order valence-electron chi connectivity index (χ1n) is 8.53. The normalized spacial score (nSPS) is 10.7. The number of rotatable bonds is 6. The van der Waals surface area contributed by atoms with Gasteiger partial charge in [0.1, 0.15) is 12.3 Å². The van der Waals surface area contributed by atoms with E-state index in [9.17, 15) is 9.59 Å². The molecule has 146 valence electrons. The fraction of sp³-hybridized carbons (Fsp3) is 0.111. The van der Waals surface area contributed by atoms with Crippen LogP contribution in [0.3, 0.4) is 0 Å². The molecule has 3 aromatic heterocycles. The number of nitrogens with one attached hydrogen (secondary N) is 2. The summed E-state index contributed by atoms with van der Waals surface area (Å²) < 4.78 is 9.93. The van der Waals surface area contributed by atoms with Crippen LogP contribution in [0.5, 0.6) is 0 Å². The van der Waals surface area contributed by atoms with Crippen molar-refractivity contribution in [2.45, 2.75) is 13.5 Å². The van der Waals surface area contributed by atoms with Gasteiger partial charge >= 0.3 is 0 Å². The summed E-state index contributed by atoms with van der Waals surface area (Å²) in [6, 6.07) is 11.7. The Morgan fingerprint density at radius 2 is 1.97 bits per heavy atom. The lowest BCUT2D eigenvalue weighted by atomic mass is 10.2. The lowest BCUT2D eigenvalue weighted by Gasteiger charge is -2.03. The van der Waals surface area contributed by atoms with Crippen molar-refractivity contribution < 1.29 is 18.5 Å². The van der Waals surface area contributed by atoms with Crippen LogP contribution < -0.4 is 10.6 Å². The minimum Gasteiger partial charge on any atom is -0.459 e. The van der Waals surface area contributed by atoms with Crippen LogP contribution in [-0.2, 0) is 11.3 Å². The Morgan fingerprint density at radius 3 is 2.66 bits per heavy atom. The second-order valence-corrected chi connectivity index (χ2v) is 6.02. The predicted octanol–water partition coefficient (Wildman–Crippen LogP) is 2.12. The van der Waals surface area contributed by atoms with Crippen molar-refractivity contribution in [3.05, 3.63) is 60.2 Å². The molecule has 1 aromatic carbocycles. The van der Waals surface area contributed by atoms with Crippen LogP contribution in [0.15, 0.2) is 57.7 Å². The first-order valence-corrected chi connectivity index (χ1v) is 8.53. The molecule has 0 saturated carbocycles. The van der Waals surface area contributed by atoms with Gasteiger partial charge in [0, 0.05) is 17.3 Å². The fourth-order valence-electron chi connectivity index (χ4n) is 2.46. The van der Waals surface area contributed by atoms with E-state index < -0.39 is 0 Å². The first kappa shape index (κ1) is 18.1. The van der Waals surface area contributed by atoms with E-state index in [1.807, 2.05) is 0 Å². The van der Waals surface area contributed by atoms with Gasteiger partial charge in [-0.3, -0.25) is 9.59 Å². The van der Waals surface area contributed by atoms with Crippen molar-refractivity contribution in [2.75, 3.05) is 10.6 Å². The van der Waals surface area contributed by atoms with Gasteiger partial charge in [-0.15, -0.1) is 10.2 Å². The van der Waals surface area contributed by atoms with Crippen molar-refractivity contribution in [3.8, 4) is 11.4 Å². The molecular weight excluding hydrogens is 378 g/mol. The summed E-state index contributed by atoms with van der Waals surface area (Å²) in [6.45, 7) is 1.60. The smallest absolute Gasteiger partial charge is 0.291 e. The highest BCUT2D eigenvalue weighted by atomic mass is 16.5. The van der Waals surface area contributed by atoms with Gasteiger partial charge in [-0.2, -0.15) is 4.80 Å². The van der Waals surface area contributed by atoms with Gasteiger partial charge < -0.3 is 19.6 Å². The van der Waals surface area contributed by atoms with Crippen molar-refractivity contribution in [3.63, 3.8) is 0 Å². The number of carbonyl (C=O) groups is 2. The molecule has 4 rings (SSSR count).